The van der Waals surface area contributed by atoms with E-state index in [1.807, 2.05) is 12.1 Å². The van der Waals surface area contributed by atoms with E-state index in [9.17, 15) is 0 Å². The van der Waals surface area contributed by atoms with Gasteiger partial charge >= 0.3 is 0 Å². The number of nitrogens with zero attached hydrogens (tertiary/aromatic N) is 1. The number of nitrogens with two attached hydrogens (primary N) is 1. The third-order valence-corrected chi connectivity index (χ3v) is 2.72. The molecule has 0 fully saturated rings. The third kappa shape index (κ3) is 2.27. The number of pyridine rings is 1. The molecule has 2 nitrogen and oxygen atoms in total. The molecule has 0 bridgehead atoms. The van der Waals surface area contributed by atoms with E-state index in [0.29, 0.717) is 16.6 Å². The molecule has 0 saturated carbocycles. The summed E-state index contributed by atoms with van der Waals surface area (Å²) in [7, 11) is 5.73. The molecule has 0 atom stereocenters. The average Bonchev–Trinajstić information content (AvgIpc) is 2.25. The van der Waals surface area contributed by atoms with E-state index in [0.717, 1.165) is 20.5 Å². The van der Waals surface area contributed by atoms with E-state index in [1.165, 1.54) is 0 Å². The van der Waals surface area contributed by atoms with E-state index in [2.05, 4.69) is 34.1 Å². The Kier molecular flexibility index (Phi) is 3.07. The summed E-state index contributed by atoms with van der Waals surface area (Å²) in [4.78, 5) is 4.30. The Morgan fingerprint density at radius 1 is 1.41 bits per heavy atom. The molecule has 2 N–H and O–H groups in total. The second kappa shape index (κ2) is 4.38. The summed E-state index contributed by atoms with van der Waals surface area (Å²) in [5, 5.41) is 3.30. The normalized spacial score (nSPS) is 11.9. The fourth-order valence-corrected chi connectivity index (χ4v) is 1.92. The first-order valence-corrected chi connectivity index (χ1v) is 5.78. The molecular weight excluding hydrogens is 275 g/mol. The molecule has 2 aromatic rings. The first kappa shape index (κ1) is 11.9. The molecule has 2 radical (unpaired) electrons. The fourth-order valence-electron chi connectivity index (χ4n) is 1.70. The summed E-state index contributed by atoms with van der Waals surface area (Å²) < 4.78 is 0.726. The van der Waals surface area contributed by atoms with Crippen molar-refractivity contribution in [3.63, 3.8) is 0 Å². The number of aromatic nitrogens is 1. The van der Waals surface area contributed by atoms with Crippen LogP contribution >= 0.6 is 15.9 Å². The van der Waals surface area contributed by atoms with Crippen LogP contribution in [-0.2, 0) is 0 Å². The van der Waals surface area contributed by atoms with Gasteiger partial charge in [-0.15, -0.1) is 0 Å². The van der Waals surface area contributed by atoms with Crippen LogP contribution in [0.2, 0.25) is 0 Å². The van der Waals surface area contributed by atoms with Crippen LogP contribution in [0.1, 0.15) is 0 Å². The summed E-state index contributed by atoms with van der Waals surface area (Å²) in [5.74, 6) is 0.444. The number of anilines is 1. The quantitative estimate of drug-likeness (QED) is 0.784. The number of nitrogen functional groups attached to an aromatic ring is 1. The molecule has 0 spiro atoms. The molecule has 0 amide bonds. The van der Waals surface area contributed by atoms with Crippen molar-refractivity contribution >= 4 is 58.5 Å². The maximum absolute atomic E-state index is 5.91. The van der Waals surface area contributed by atoms with Crippen molar-refractivity contribution < 1.29 is 0 Å². The summed E-state index contributed by atoms with van der Waals surface area (Å²) in [6, 6.07) is 5.53. The van der Waals surface area contributed by atoms with Crippen LogP contribution in [0, 0.1) is 0 Å². The summed E-state index contributed by atoms with van der Waals surface area (Å²) >= 11 is 3.27. The minimum Gasteiger partial charge on any atom is -0.383 e. The molecule has 0 aliphatic rings. The maximum Gasteiger partial charge on any atom is 0.131 e. The van der Waals surface area contributed by atoms with Gasteiger partial charge in [-0.1, -0.05) is 52.7 Å². The second-order valence-corrected chi connectivity index (χ2v) is 4.78. The van der Waals surface area contributed by atoms with Crippen LogP contribution in [0.3, 0.4) is 0 Å². The highest BCUT2D eigenvalue weighted by atomic mass is 79.9. The van der Waals surface area contributed by atoms with E-state index in [1.54, 1.807) is 12.1 Å². The highest BCUT2D eigenvalue weighted by Gasteiger charge is 2.02. The monoisotopic (exact) mass is 284 g/mol. The zero-order chi connectivity index (χ0) is 12.6. The van der Waals surface area contributed by atoms with Crippen molar-refractivity contribution in [2.75, 3.05) is 5.73 Å². The van der Waals surface area contributed by atoms with Crippen LogP contribution in [0.25, 0.3) is 23.4 Å². The van der Waals surface area contributed by atoms with Crippen molar-refractivity contribution in [3.8, 4) is 0 Å². The van der Waals surface area contributed by atoms with Gasteiger partial charge in [-0.2, -0.15) is 0 Å². The van der Waals surface area contributed by atoms with Crippen LogP contribution in [0.4, 0.5) is 5.82 Å². The lowest BCUT2D eigenvalue weighted by atomic mass is 9.93. The van der Waals surface area contributed by atoms with Gasteiger partial charge in [0.2, 0.25) is 0 Å². The standard InChI is InChI=1S/C13H10BBrN2/c1-7(15)5-12-8(2)10-4-3-9(14)6-11(10)13(16)17-12/h3-6H,1-2H2,(H2,16,17)/b12-5+. The molecule has 17 heavy (non-hydrogen) atoms. The first-order chi connectivity index (χ1) is 7.99. The van der Waals surface area contributed by atoms with Gasteiger partial charge in [-0.25, -0.2) is 4.98 Å². The van der Waals surface area contributed by atoms with Gasteiger partial charge in [0.25, 0.3) is 0 Å². The van der Waals surface area contributed by atoms with Crippen molar-refractivity contribution in [1.29, 1.82) is 0 Å². The molecule has 1 aromatic carbocycles. The van der Waals surface area contributed by atoms with Gasteiger partial charge in [0.1, 0.15) is 13.7 Å². The summed E-state index contributed by atoms with van der Waals surface area (Å²) in [6.07, 6.45) is 1.79. The van der Waals surface area contributed by atoms with Gasteiger partial charge in [0, 0.05) is 15.1 Å². The number of allylic oxidation sites excluding steroid dienone is 1. The number of halogens is 1. The van der Waals surface area contributed by atoms with Gasteiger partial charge in [-0.05, 0) is 11.5 Å². The van der Waals surface area contributed by atoms with Gasteiger partial charge < -0.3 is 5.73 Å². The number of fused-ring (bicyclic) bond motifs is 1. The predicted octanol–water partition coefficient (Wildman–Crippen LogP) is 0.710. The fraction of sp³-hybridized carbons (Fsp3) is 0. The first-order valence-electron chi connectivity index (χ1n) is 4.99. The molecule has 1 aromatic heterocycles. The topological polar surface area (TPSA) is 38.9 Å². The van der Waals surface area contributed by atoms with Gasteiger partial charge in [-0.3, -0.25) is 0 Å². The van der Waals surface area contributed by atoms with E-state index in [-0.39, 0.29) is 0 Å². The minimum atomic E-state index is 0.444. The summed E-state index contributed by atoms with van der Waals surface area (Å²) in [5.41, 5.74) is 6.57. The minimum absolute atomic E-state index is 0.444. The largest absolute Gasteiger partial charge is 0.383 e. The van der Waals surface area contributed by atoms with Crippen LogP contribution in [0.15, 0.2) is 29.3 Å². The average molecular weight is 285 g/mol. The Hall–Kier alpha value is -1.55. The smallest absolute Gasteiger partial charge is 0.131 e. The number of hydrogen-bond acceptors (Lipinski definition) is 2. The SMILES string of the molecule is [B]c1ccc2c(=C)/c(=C\C(=C)Br)nc(N)c2c1. The second-order valence-electron chi connectivity index (χ2n) is 3.76. The molecule has 2 rings (SSSR count). The lowest BCUT2D eigenvalue weighted by Crippen LogP contribution is -2.29. The number of hydrogen-bond donors (Lipinski definition) is 1. The molecule has 1 heterocycles. The molecule has 0 saturated heterocycles. The Bertz CT molecular complexity index is 722. The van der Waals surface area contributed by atoms with Crippen LogP contribution < -0.4 is 21.8 Å². The zero-order valence-electron chi connectivity index (χ0n) is 9.20. The maximum atomic E-state index is 5.91. The molecule has 0 unspecified atom stereocenters. The lowest BCUT2D eigenvalue weighted by molar-refractivity contribution is 1.27. The number of benzene rings is 1. The van der Waals surface area contributed by atoms with Crippen molar-refractivity contribution in [1.82, 2.24) is 4.98 Å². The molecule has 0 aliphatic heterocycles. The Balaban J connectivity index is 2.96. The highest BCUT2D eigenvalue weighted by Crippen LogP contribution is 2.11. The third-order valence-electron chi connectivity index (χ3n) is 2.49. The molecule has 4 heteroatoms. The highest BCUT2D eigenvalue weighted by molar-refractivity contribution is 9.12. The van der Waals surface area contributed by atoms with Gasteiger partial charge in [0.15, 0.2) is 0 Å². The lowest BCUT2D eigenvalue weighted by Gasteiger charge is -2.04. The Morgan fingerprint density at radius 2 is 2.12 bits per heavy atom. The van der Waals surface area contributed by atoms with Gasteiger partial charge in [0.05, 0.1) is 5.35 Å². The Morgan fingerprint density at radius 3 is 2.76 bits per heavy atom. The van der Waals surface area contributed by atoms with E-state index in [4.69, 9.17) is 13.6 Å². The zero-order valence-corrected chi connectivity index (χ0v) is 10.8. The Labute approximate surface area is 109 Å². The molecular formula is C13H10BBrN2. The number of rotatable bonds is 1. The summed E-state index contributed by atoms with van der Waals surface area (Å²) in [6.45, 7) is 7.77. The van der Waals surface area contributed by atoms with Crippen LogP contribution in [0.5, 0.6) is 0 Å². The molecule has 82 valence electrons. The van der Waals surface area contributed by atoms with Crippen molar-refractivity contribution in [3.05, 3.63) is 39.8 Å². The van der Waals surface area contributed by atoms with E-state index < -0.39 is 0 Å². The van der Waals surface area contributed by atoms with Crippen molar-refractivity contribution in [2.45, 2.75) is 0 Å². The predicted molar refractivity (Wildman–Crippen MR) is 78.8 cm³/mol. The van der Waals surface area contributed by atoms with Crippen LogP contribution in [-0.4, -0.2) is 12.8 Å². The molecule has 0 aliphatic carbocycles. The van der Waals surface area contributed by atoms with E-state index >= 15 is 0 Å². The van der Waals surface area contributed by atoms with Crippen molar-refractivity contribution in [2.24, 2.45) is 0 Å².